The summed E-state index contributed by atoms with van der Waals surface area (Å²) >= 11 is 3.34. The summed E-state index contributed by atoms with van der Waals surface area (Å²) in [5.74, 6) is 0.443. The lowest BCUT2D eigenvalue weighted by Gasteiger charge is -2.08. The van der Waals surface area contributed by atoms with Crippen LogP contribution < -0.4 is 5.32 Å². The first-order valence-corrected chi connectivity index (χ1v) is 8.03. The number of nitrogens with zero attached hydrogens (tertiary/aromatic N) is 2. The molecule has 5 heteroatoms. The van der Waals surface area contributed by atoms with E-state index in [9.17, 15) is 0 Å². The lowest BCUT2D eigenvalue weighted by molar-refractivity contribution is 0.763. The molecule has 1 unspecified atom stereocenters. The molecule has 2 rings (SSSR count). The van der Waals surface area contributed by atoms with Crippen LogP contribution in [0.15, 0.2) is 10.9 Å². The summed E-state index contributed by atoms with van der Waals surface area (Å²) in [7, 11) is 0. The number of hydrogen-bond acceptors (Lipinski definition) is 5. The molecule has 0 saturated heterocycles. The molecule has 0 fully saturated rings. The highest BCUT2D eigenvalue weighted by atomic mass is 32.1. The maximum Gasteiger partial charge on any atom is 0.183 e. The Morgan fingerprint density at radius 2 is 2.06 bits per heavy atom. The largest absolute Gasteiger partial charge is 0.359 e. The van der Waals surface area contributed by atoms with Crippen LogP contribution in [0.2, 0.25) is 0 Å². The second-order valence-corrected chi connectivity index (χ2v) is 6.43. The zero-order valence-corrected chi connectivity index (χ0v) is 12.9. The smallest absolute Gasteiger partial charge is 0.183 e. The molecule has 0 aromatic carbocycles. The van der Waals surface area contributed by atoms with E-state index in [1.165, 1.54) is 4.88 Å². The number of thiazole rings is 2. The minimum atomic E-state index is 0.443. The molecule has 1 N–H and O–H groups in total. The van der Waals surface area contributed by atoms with Gasteiger partial charge in [0.1, 0.15) is 0 Å². The van der Waals surface area contributed by atoms with E-state index >= 15 is 0 Å². The van der Waals surface area contributed by atoms with Crippen molar-refractivity contribution in [3.63, 3.8) is 0 Å². The van der Waals surface area contributed by atoms with Gasteiger partial charge >= 0.3 is 0 Å². The van der Waals surface area contributed by atoms with E-state index in [1.54, 1.807) is 22.7 Å². The molecule has 0 aliphatic rings. The Morgan fingerprint density at radius 1 is 1.28 bits per heavy atom. The molecule has 2 aromatic heterocycles. The van der Waals surface area contributed by atoms with E-state index in [4.69, 9.17) is 0 Å². The molecule has 0 spiro atoms. The van der Waals surface area contributed by atoms with Gasteiger partial charge in [0.05, 0.1) is 21.8 Å². The fourth-order valence-electron chi connectivity index (χ4n) is 1.61. The third-order valence-corrected chi connectivity index (χ3v) is 4.50. The van der Waals surface area contributed by atoms with Crippen LogP contribution in [0, 0.1) is 0 Å². The van der Waals surface area contributed by atoms with Gasteiger partial charge in [0.2, 0.25) is 0 Å². The summed E-state index contributed by atoms with van der Waals surface area (Å²) in [5, 5.41) is 6.53. The maximum atomic E-state index is 4.66. The van der Waals surface area contributed by atoms with Crippen molar-refractivity contribution in [3.8, 4) is 10.6 Å². The standard InChI is InChI=1S/C13H19N3S2/c1-5-9(4)15-13-16-10(6-17-13)12-11(8(2)3)14-7-18-12/h6-9H,5H2,1-4H3,(H,15,16). The second-order valence-electron chi connectivity index (χ2n) is 4.71. The first-order chi connectivity index (χ1) is 8.61. The molecule has 18 heavy (non-hydrogen) atoms. The second kappa shape index (κ2) is 5.80. The Labute approximate surface area is 116 Å². The van der Waals surface area contributed by atoms with Gasteiger partial charge in [-0.15, -0.1) is 22.7 Å². The SMILES string of the molecule is CCC(C)Nc1nc(-c2scnc2C(C)C)cs1. The van der Waals surface area contributed by atoms with Gasteiger partial charge in [0.15, 0.2) is 5.13 Å². The number of nitrogens with one attached hydrogen (secondary N) is 1. The van der Waals surface area contributed by atoms with E-state index in [1.807, 2.05) is 5.51 Å². The molecule has 0 bridgehead atoms. The minimum Gasteiger partial charge on any atom is -0.359 e. The Hall–Kier alpha value is -0.940. The van der Waals surface area contributed by atoms with E-state index in [-0.39, 0.29) is 0 Å². The highest BCUT2D eigenvalue weighted by molar-refractivity contribution is 7.15. The van der Waals surface area contributed by atoms with E-state index in [0.717, 1.165) is 22.9 Å². The lowest BCUT2D eigenvalue weighted by Crippen LogP contribution is -2.12. The summed E-state index contributed by atoms with van der Waals surface area (Å²) in [5.41, 5.74) is 4.11. The Bertz CT molecular complexity index is 502. The molecule has 2 heterocycles. The monoisotopic (exact) mass is 281 g/mol. The molecular weight excluding hydrogens is 262 g/mol. The van der Waals surface area contributed by atoms with Crippen molar-refractivity contribution >= 4 is 27.8 Å². The van der Waals surface area contributed by atoms with E-state index in [2.05, 4.69) is 48.4 Å². The molecule has 2 aromatic rings. The summed E-state index contributed by atoms with van der Waals surface area (Å²) in [6.07, 6.45) is 1.10. The van der Waals surface area contributed by atoms with Crippen LogP contribution in [0.5, 0.6) is 0 Å². The van der Waals surface area contributed by atoms with Crippen LogP contribution >= 0.6 is 22.7 Å². The summed E-state index contributed by atoms with van der Waals surface area (Å²) in [6, 6.07) is 0.468. The zero-order valence-electron chi connectivity index (χ0n) is 11.2. The molecule has 1 atom stereocenters. The van der Waals surface area contributed by atoms with Gasteiger partial charge in [-0.2, -0.15) is 0 Å². The minimum absolute atomic E-state index is 0.443. The van der Waals surface area contributed by atoms with Crippen molar-refractivity contribution in [2.75, 3.05) is 5.32 Å². The lowest BCUT2D eigenvalue weighted by atomic mass is 10.1. The average Bonchev–Trinajstić information content (AvgIpc) is 2.95. The van der Waals surface area contributed by atoms with Gasteiger partial charge in [-0.05, 0) is 19.3 Å². The molecule has 98 valence electrons. The first-order valence-electron chi connectivity index (χ1n) is 6.27. The van der Waals surface area contributed by atoms with Gasteiger partial charge < -0.3 is 5.32 Å². The molecule has 0 aliphatic heterocycles. The zero-order chi connectivity index (χ0) is 13.1. The highest BCUT2D eigenvalue weighted by Crippen LogP contribution is 2.34. The van der Waals surface area contributed by atoms with Gasteiger partial charge in [-0.1, -0.05) is 20.8 Å². The van der Waals surface area contributed by atoms with Crippen molar-refractivity contribution in [1.82, 2.24) is 9.97 Å². The quantitative estimate of drug-likeness (QED) is 0.870. The van der Waals surface area contributed by atoms with Crippen LogP contribution in [-0.4, -0.2) is 16.0 Å². The summed E-state index contributed by atoms with van der Waals surface area (Å²) in [4.78, 5) is 10.3. The van der Waals surface area contributed by atoms with E-state index < -0.39 is 0 Å². The molecule has 0 radical (unpaired) electrons. The van der Waals surface area contributed by atoms with Crippen LogP contribution in [-0.2, 0) is 0 Å². The predicted octanol–water partition coefficient (Wildman–Crippen LogP) is 4.60. The van der Waals surface area contributed by atoms with Crippen molar-refractivity contribution in [2.24, 2.45) is 0 Å². The van der Waals surface area contributed by atoms with Crippen LogP contribution in [0.1, 0.15) is 45.7 Å². The van der Waals surface area contributed by atoms with Gasteiger partial charge in [-0.25, -0.2) is 9.97 Å². The molecule has 3 nitrogen and oxygen atoms in total. The van der Waals surface area contributed by atoms with Crippen LogP contribution in [0.25, 0.3) is 10.6 Å². The molecular formula is C13H19N3S2. The predicted molar refractivity (Wildman–Crippen MR) is 80.7 cm³/mol. The number of rotatable bonds is 5. The van der Waals surface area contributed by atoms with Crippen molar-refractivity contribution < 1.29 is 0 Å². The van der Waals surface area contributed by atoms with Crippen LogP contribution in [0.3, 0.4) is 0 Å². The third kappa shape index (κ3) is 2.90. The average molecular weight is 281 g/mol. The van der Waals surface area contributed by atoms with Gasteiger partial charge in [0.25, 0.3) is 0 Å². The number of hydrogen-bond donors (Lipinski definition) is 1. The fourth-order valence-corrected chi connectivity index (χ4v) is 3.41. The van der Waals surface area contributed by atoms with Gasteiger partial charge in [-0.3, -0.25) is 0 Å². The van der Waals surface area contributed by atoms with E-state index in [0.29, 0.717) is 12.0 Å². The fraction of sp³-hybridized carbons (Fsp3) is 0.538. The number of anilines is 1. The first kappa shape index (κ1) is 13.5. The highest BCUT2D eigenvalue weighted by Gasteiger charge is 2.15. The maximum absolute atomic E-state index is 4.66. The van der Waals surface area contributed by atoms with Crippen molar-refractivity contribution in [2.45, 2.75) is 46.1 Å². The molecule has 0 saturated carbocycles. The summed E-state index contributed by atoms with van der Waals surface area (Å²) in [6.45, 7) is 8.69. The van der Waals surface area contributed by atoms with Gasteiger partial charge in [0, 0.05) is 11.4 Å². The van der Waals surface area contributed by atoms with Crippen molar-refractivity contribution in [1.29, 1.82) is 0 Å². The Balaban J connectivity index is 2.21. The Morgan fingerprint density at radius 3 is 2.72 bits per heavy atom. The normalized spacial score (nSPS) is 12.9. The van der Waals surface area contributed by atoms with Crippen molar-refractivity contribution in [3.05, 3.63) is 16.6 Å². The Kier molecular flexibility index (Phi) is 4.35. The molecule has 0 aliphatic carbocycles. The third-order valence-electron chi connectivity index (χ3n) is 2.86. The summed E-state index contributed by atoms with van der Waals surface area (Å²) < 4.78 is 0. The number of aromatic nitrogens is 2. The molecule has 0 amide bonds. The van der Waals surface area contributed by atoms with Crippen LogP contribution in [0.4, 0.5) is 5.13 Å². The topological polar surface area (TPSA) is 37.8 Å².